The number of halogens is 1. The molecule has 110 valence electrons. The van der Waals surface area contributed by atoms with E-state index in [1.807, 2.05) is 0 Å². The third-order valence-electron chi connectivity index (χ3n) is 3.47. The summed E-state index contributed by atoms with van der Waals surface area (Å²) in [5, 5.41) is 12.5. The van der Waals surface area contributed by atoms with Crippen molar-refractivity contribution < 1.29 is 14.7 Å². The zero-order valence-corrected chi connectivity index (χ0v) is 12.4. The highest BCUT2D eigenvalue weighted by molar-refractivity contribution is 6.30. The lowest BCUT2D eigenvalue weighted by Crippen LogP contribution is -2.28. The minimum Gasteiger partial charge on any atom is -0.477 e. The van der Waals surface area contributed by atoms with Crippen LogP contribution < -0.4 is 5.32 Å². The predicted octanol–water partition coefficient (Wildman–Crippen LogP) is 3.45. The monoisotopic (exact) mass is 305 g/mol. The van der Waals surface area contributed by atoms with Gasteiger partial charge in [0.15, 0.2) is 0 Å². The quantitative estimate of drug-likeness (QED) is 0.837. The summed E-state index contributed by atoms with van der Waals surface area (Å²) >= 11 is 6.12. The van der Waals surface area contributed by atoms with Gasteiger partial charge in [0.2, 0.25) is 0 Å². The first-order chi connectivity index (χ1) is 10.0. The Morgan fingerprint density at radius 3 is 2.38 bits per heavy atom. The Labute approximate surface area is 128 Å². The second-order valence-corrected chi connectivity index (χ2v) is 5.32. The Hall–Kier alpha value is -2.07. The van der Waals surface area contributed by atoms with Crippen LogP contribution in [0.1, 0.15) is 36.5 Å². The van der Waals surface area contributed by atoms with Crippen LogP contribution in [0, 0.1) is 0 Å². The summed E-state index contributed by atoms with van der Waals surface area (Å²) in [5.74, 6) is -1.61. The molecule has 0 saturated carbocycles. The fourth-order valence-electron chi connectivity index (χ4n) is 2.33. The Bertz CT molecular complexity index is 632. The number of carboxylic acid groups (broad SMARTS) is 1. The molecule has 0 heterocycles. The lowest BCUT2D eigenvalue weighted by Gasteiger charge is -2.12. The molecular formula is C16H16ClNO3. The molecule has 0 saturated heterocycles. The highest BCUT2D eigenvalue weighted by Gasteiger charge is 2.22. The van der Waals surface area contributed by atoms with Gasteiger partial charge in [-0.2, -0.15) is 0 Å². The van der Waals surface area contributed by atoms with E-state index >= 15 is 0 Å². The van der Waals surface area contributed by atoms with Gasteiger partial charge in [-0.1, -0.05) is 29.8 Å². The molecule has 1 aliphatic rings. The highest BCUT2D eigenvalue weighted by Crippen LogP contribution is 2.34. The number of benzene rings is 1. The van der Waals surface area contributed by atoms with Gasteiger partial charge >= 0.3 is 5.97 Å². The summed E-state index contributed by atoms with van der Waals surface area (Å²) in [6, 6.07) is 8.50. The fraction of sp³-hybridized carbons (Fsp3) is 0.250. The summed E-state index contributed by atoms with van der Waals surface area (Å²) < 4.78 is 0. The Kier molecular flexibility index (Phi) is 4.81. The molecule has 1 aliphatic carbocycles. The van der Waals surface area contributed by atoms with Gasteiger partial charge in [0, 0.05) is 10.6 Å². The number of aliphatic carboxylic acids is 1. The zero-order valence-electron chi connectivity index (χ0n) is 11.6. The number of amides is 1. The number of carbonyl (C=O) groups is 2. The maximum Gasteiger partial charge on any atom is 0.352 e. The van der Waals surface area contributed by atoms with E-state index in [1.165, 1.54) is 0 Å². The molecule has 1 amide bonds. The molecule has 0 bridgehead atoms. The van der Waals surface area contributed by atoms with Gasteiger partial charge in [-0.05, 0) is 49.5 Å². The minimum atomic E-state index is -1.17. The second kappa shape index (κ2) is 6.59. The predicted molar refractivity (Wildman–Crippen MR) is 81.0 cm³/mol. The van der Waals surface area contributed by atoms with Crippen LogP contribution in [-0.2, 0) is 4.79 Å². The molecule has 0 fully saturated rings. The number of allylic oxidation sites excluding steroid dienone is 3. The van der Waals surface area contributed by atoms with E-state index < -0.39 is 11.9 Å². The summed E-state index contributed by atoms with van der Waals surface area (Å²) in [7, 11) is 0. The smallest absolute Gasteiger partial charge is 0.352 e. The summed E-state index contributed by atoms with van der Waals surface area (Å²) in [5.41, 5.74) is 1.64. The van der Waals surface area contributed by atoms with E-state index in [-0.39, 0.29) is 5.70 Å². The van der Waals surface area contributed by atoms with Crippen molar-refractivity contribution in [3.05, 3.63) is 57.8 Å². The van der Waals surface area contributed by atoms with Crippen LogP contribution in [0.4, 0.5) is 0 Å². The van der Waals surface area contributed by atoms with Gasteiger partial charge in [-0.3, -0.25) is 4.79 Å². The van der Waals surface area contributed by atoms with Crippen molar-refractivity contribution in [3.8, 4) is 0 Å². The number of nitrogens with one attached hydrogen (secondary N) is 1. The van der Waals surface area contributed by atoms with Crippen molar-refractivity contribution in [2.24, 2.45) is 0 Å². The van der Waals surface area contributed by atoms with Crippen molar-refractivity contribution in [1.82, 2.24) is 5.32 Å². The number of rotatable bonds is 4. The van der Waals surface area contributed by atoms with E-state index in [0.29, 0.717) is 16.2 Å². The van der Waals surface area contributed by atoms with Crippen LogP contribution in [0.5, 0.6) is 0 Å². The van der Waals surface area contributed by atoms with Gasteiger partial charge in [0.25, 0.3) is 5.91 Å². The standard InChI is InChI=1S/C16H16ClNO3/c1-10(12-8-5-9-13(12)17)14(16(20)21)18-15(19)11-6-3-2-4-7-11/h2-4,6-7H,5,8-9H2,1H3,(H,18,19)(H,20,21). The van der Waals surface area contributed by atoms with Crippen molar-refractivity contribution in [2.75, 3.05) is 0 Å². The summed E-state index contributed by atoms with van der Waals surface area (Å²) in [6.45, 7) is 1.68. The van der Waals surface area contributed by atoms with Gasteiger partial charge in [-0.25, -0.2) is 4.79 Å². The van der Waals surface area contributed by atoms with Crippen molar-refractivity contribution in [1.29, 1.82) is 0 Å². The van der Waals surface area contributed by atoms with Crippen LogP contribution in [0.15, 0.2) is 52.2 Å². The number of hydrogen-bond acceptors (Lipinski definition) is 2. The molecule has 0 atom stereocenters. The molecule has 0 radical (unpaired) electrons. The van der Waals surface area contributed by atoms with E-state index in [1.54, 1.807) is 37.3 Å². The molecule has 1 aromatic carbocycles. The normalized spacial score (nSPS) is 15.7. The van der Waals surface area contributed by atoms with Crippen LogP contribution in [0.2, 0.25) is 0 Å². The van der Waals surface area contributed by atoms with Gasteiger partial charge in [-0.15, -0.1) is 0 Å². The van der Waals surface area contributed by atoms with Crippen molar-refractivity contribution in [3.63, 3.8) is 0 Å². The topological polar surface area (TPSA) is 66.4 Å². The first kappa shape index (κ1) is 15.3. The Morgan fingerprint density at radius 2 is 1.86 bits per heavy atom. The van der Waals surface area contributed by atoms with Gasteiger partial charge in [0.05, 0.1) is 0 Å². The maximum atomic E-state index is 12.1. The second-order valence-electron chi connectivity index (χ2n) is 4.86. The lowest BCUT2D eigenvalue weighted by atomic mass is 10.0. The lowest BCUT2D eigenvalue weighted by molar-refractivity contribution is -0.133. The molecule has 0 aliphatic heterocycles. The fourth-order valence-corrected chi connectivity index (χ4v) is 2.70. The van der Waals surface area contributed by atoms with E-state index in [2.05, 4.69) is 5.32 Å². The maximum absolute atomic E-state index is 12.1. The van der Waals surface area contributed by atoms with Crippen molar-refractivity contribution >= 4 is 23.5 Å². The molecule has 5 heteroatoms. The van der Waals surface area contributed by atoms with E-state index in [4.69, 9.17) is 11.6 Å². The number of carbonyl (C=O) groups excluding carboxylic acids is 1. The number of hydrogen-bond donors (Lipinski definition) is 2. The largest absolute Gasteiger partial charge is 0.477 e. The van der Waals surface area contributed by atoms with E-state index in [0.717, 1.165) is 24.8 Å². The Balaban J connectivity index is 2.30. The average Bonchev–Trinajstić information content (AvgIpc) is 2.90. The van der Waals surface area contributed by atoms with Crippen LogP contribution in [0.3, 0.4) is 0 Å². The molecule has 0 unspecified atom stereocenters. The molecule has 0 aromatic heterocycles. The molecule has 2 N–H and O–H groups in total. The molecule has 0 spiro atoms. The molecule has 21 heavy (non-hydrogen) atoms. The summed E-state index contributed by atoms with van der Waals surface area (Å²) in [6.07, 6.45) is 2.40. The zero-order chi connectivity index (χ0) is 15.4. The van der Waals surface area contributed by atoms with Gasteiger partial charge < -0.3 is 10.4 Å². The van der Waals surface area contributed by atoms with Crippen LogP contribution in [-0.4, -0.2) is 17.0 Å². The third kappa shape index (κ3) is 3.52. The SMILES string of the molecule is CC(C1=C(Cl)CCC1)=C(NC(=O)c1ccccc1)C(=O)O. The molecular weight excluding hydrogens is 290 g/mol. The van der Waals surface area contributed by atoms with Gasteiger partial charge in [0.1, 0.15) is 5.70 Å². The third-order valence-corrected chi connectivity index (χ3v) is 3.88. The summed E-state index contributed by atoms with van der Waals surface area (Å²) in [4.78, 5) is 23.5. The van der Waals surface area contributed by atoms with Crippen LogP contribution in [0.25, 0.3) is 0 Å². The van der Waals surface area contributed by atoms with Crippen molar-refractivity contribution in [2.45, 2.75) is 26.2 Å². The average molecular weight is 306 g/mol. The first-order valence-electron chi connectivity index (χ1n) is 6.69. The molecule has 1 aromatic rings. The highest BCUT2D eigenvalue weighted by atomic mass is 35.5. The molecule has 4 nitrogen and oxygen atoms in total. The first-order valence-corrected chi connectivity index (χ1v) is 7.07. The Morgan fingerprint density at radius 1 is 1.19 bits per heavy atom. The number of carboxylic acids is 1. The van der Waals surface area contributed by atoms with Crippen LogP contribution >= 0.6 is 11.6 Å². The minimum absolute atomic E-state index is 0.112. The molecule has 2 rings (SSSR count). The van der Waals surface area contributed by atoms with E-state index in [9.17, 15) is 14.7 Å².